The number of alkyl halides is 2. The molecule has 0 radical (unpaired) electrons. The Bertz CT molecular complexity index is 680. The van der Waals surface area contributed by atoms with Gasteiger partial charge in [-0.25, -0.2) is 8.42 Å². The highest BCUT2D eigenvalue weighted by atomic mass is 32.2. The maximum Gasteiger partial charge on any atom is 0.341 e. The SMILES string of the molecule is CCCC(=O)NC1CCCN(c2ccccc2S(=O)(=O)C(F)F)C1. The lowest BCUT2D eigenvalue weighted by molar-refractivity contribution is -0.121. The molecule has 0 aliphatic carbocycles. The number of carbonyl (C=O) groups is 1. The first-order valence-corrected chi connectivity index (χ1v) is 9.56. The summed E-state index contributed by atoms with van der Waals surface area (Å²) < 4.78 is 49.6. The van der Waals surface area contributed by atoms with Crippen molar-refractivity contribution in [3.63, 3.8) is 0 Å². The fourth-order valence-corrected chi connectivity index (χ4v) is 3.84. The highest BCUT2D eigenvalue weighted by Crippen LogP contribution is 2.30. The van der Waals surface area contributed by atoms with Crippen LogP contribution in [0.15, 0.2) is 29.2 Å². The van der Waals surface area contributed by atoms with Crippen molar-refractivity contribution in [2.75, 3.05) is 18.0 Å². The molecule has 1 aliphatic heterocycles. The summed E-state index contributed by atoms with van der Waals surface area (Å²) in [5, 5.41) is 2.92. The van der Waals surface area contributed by atoms with Gasteiger partial charge in [0.1, 0.15) is 0 Å². The van der Waals surface area contributed by atoms with Gasteiger partial charge in [-0.3, -0.25) is 4.79 Å². The molecule has 0 spiro atoms. The van der Waals surface area contributed by atoms with E-state index in [1.165, 1.54) is 18.2 Å². The van der Waals surface area contributed by atoms with Crippen LogP contribution in [-0.2, 0) is 14.6 Å². The van der Waals surface area contributed by atoms with E-state index in [9.17, 15) is 22.0 Å². The highest BCUT2D eigenvalue weighted by Gasteiger charge is 2.32. The predicted octanol–water partition coefficient (Wildman–Crippen LogP) is 2.57. The van der Waals surface area contributed by atoms with Crippen LogP contribution >= 0.6 is 0 Å². The fourth-order valence-electron chi connectivity index (χ4n) is 2.90. The number of nitrogens with one attached hydrogen (secondary N) is 1. The van der Waals surface area contributed by atoms with E-state index < -0.39 is 15.6 Å². The minimum Gasteiger partial charge on any atom is -0.368 e. The Hall–Kier alpha value is -1.70. The van der Waals surface area contributed by atoms with Crippen molar-refractivity contribution in [2.24, 2.45) is 0 Å². The summed E-state index contributed by atoms with van der Waals surface area (Å²) in [5.74, 6) is -3.50. The first-order valence-electron chi connectivity index (χ1n) is 8.01. The molecule has 0 bridgehead atoms. The second-order valence-corrected chi connectivity index (χ2v) is 7.76. The number of para-hydroxylation sites is 1. The summed E-state index contributed by atoms with van der Waals surface area (Å²) in [4.78, 5) is 13.1. The van der Waals surface area contributed by atoms with Crippen LogP contribution in [0.25, 0.3) is 0 Å². The van der Waals surface area contributed by atoms with Crippen molar-refractivity contribution >= 4 is 21.4 Å². The molecule has 1 fully saturated rings. The number of halogens is 2. The molecule has 1 N–H and O–H groups in total. The zero-order valence-electron chi connectivity index (χ0n) is 13.5. The third-order valence-electron chi connectivity index (χ3n) is 4.01. The monoisotopic (exact) mass is 360 g/mol. The lowest BCUT2D eigenvalue weighted by Gasteiger charge is -2.35. The lowest BCUT2D eigenvalue weighted by Crippen LogP contribution is -2.48. The van der Waals surface area contributed by atoms with Gasteiger partial charge in [-0.05, 0) is 31.4 Å². The summed E-state index contributed by atoms with van der Waals surface area (Å²) in [7, 11) is -4.67. The zero-order chi connectivity index (χ0) is 17.7. The van der Waals surface area contributed by atoms with Crippen LogP contribution < -0.4 is 10.2 Å². The number of rotatable bonds is 6. The Balaban J connectivity index is 2.21. The number of carbonyl (C=O) groups excluding carboxylic acids is 1. The molecule has 134 valence electrons. The van der Waals surface area contributed by atoms with E-state index in [0.29, 0.717) is 19.5 Å². The number of hydrogen-bond acceptors (Lipinski definition) is 4. The Morgan fingerprint density at radius 1 is 1.38 bits per heavy atom. The van der Waals surface area contributed by atoms with E-state index in [0.717, 1.165) is 19.3 Å². The molecule has 1 aromatic carbocycles. The lowest BCUT2D eigenvalue weighted by atomic mass is 10.0. The average Bonchev–Trinajstić information content (AvgIpc) is 2.55. The topological polar surface area (TPSA) is 66.5 Å². The molecule has 2 rings (SSSR count). The standard InChI is InChI=1S/C16H22F2N2O3S/c1-2-6-15(21)19-12-7-5-10-20(11-12)13-8-3-4-9-14(13)24(22,23)16(17)18/h3-4,8-9,12,16H,2,5-7,10-11H2,1H3,(H,19,21). The van der Waals surface area contributed by atoms with E-state index in [-0.39, 0.29) is 22.5 Å². The van der Waals surface area contributed by atoms with Crippen molar-refractivity contribution < 1.29 is 22.0 Å². The molecule has 1 unspecified atom stereocenters. The van der Waals surface area contributed by atoms with Crippen LogP contribution in [0.5, 0.6) is 0 Å². The van der Waals surface area contributed by atoms with Crippen molar-refractivity contribution in [1.82, 2.24) is 5.32 Å². The summed E-state index contributed by atoms with van der Waals surface area (Å²) in [6, 6.07) is 5.68. The third-order valence-corrected chi connectivity index (χ3v) is 5.44. The summed E-state index contributed by atoms with van der Waals surface area (Å²) in [6.07, 6.45) is 2.72. The van der Waals surface area contributed by atoms with Crippen molar-refractivity contribution in [1.29, 1.82) is 0 Å². The molecule has 1 saturated heterocycles. The maximum absolute atomic E-state index is 12.9. The fraction of sp³-hybridized carbons (Fsp3) is 0.562. The predicted molar refractivity (Wildman–Crippen MR) is 87.9 cm³/mol. The molecule has 5 nitrogen and oxygen atoms in total. The number of hydrogen-bond donors (Lipinski definition) is 1. The van der Waals surface area contributed by atoms with E-state index in [2.05, 4.69) is 5.32 Å². The van der Waals surface area contributed by atoms with Gasteiger partial charge in [-0.1, -0.05) is 19.1 Å². The van der Waals surface area contributed by atoms with Crippen LogP contribution in [-0.4, -0.2) is 39.2 Å². The van der Waals surface area contributed by atoms with Gasteiger partial charge < -0.3 is 10.2 Å². The van der Waals surface area contributed by atoms with E-state index >= 15 is 0 Å². The van der Waals surface area contributed by atoms with E-state index in [1.54, 1.807) is 11.0 Å². The summed E-state index contributed by atoms with van der Waals surface area (Å²) in [6.45, 7) is 2.89. The van der Waals surface area contributed by atoms with Crippen molar-refractivity contribution in [3.8, 4) is 0 Å². The molecule has 24 heavy (non-hydrogen) atoms. The second kappa shape index (κ2) is 7.92. The largest absolute Gasteiger partial charge is 0.368 e. The number of benzene rings is 1. The van der Waals surface area contributed by atoms with Crippen LogP contribution in [0, 0.1) is 0 Å². The van der Waals surface area contributed by atoms with Gasteiger partial charge in [0.25, 0.3) is 0 Å². The maximum atomic E-state index is 12.9. The molecule has 8 heteroatoms. The molecule has 1 heterocycles. The Morgan fingerprint density at radius 3 is 2.75 bits per heavy atom. The Morgan fingerprint density at radius 2 is 2.08 bits per heavy atom. The number of amides is 1. The molecule has 1 atom stereocenters. The molecule has 0 aromatic heterocycles. The van der Waals surface area contributed by atoms with Crippen LogP contribution in [0.3, 0.4) is 0 Å². The smallest absolute Gasteiger partial charge is 0.341 e. The number of anilines is 1. The summed E-state index contributed by atoms with van der Waals surface area (Å²) >= 11 is 0. The van der Waals surface area contributed by atoms with Crippen molar-refractivity contribution in [2.45, 2.75) is 49.3 Å². The van der Waals surface area contributed by atoms with Crippen LogP contribution in [0.4, 0.5) is 14.5 Å². The highest BCUT2D eigenvalue weighted by molar-refractivity contribution is 7.91. The molecule has 0 saturated carbocycles. The second-order valence-electron chi connectivity index (χ2n) is 5.88. The van der Waals surface area contributed by atoms with Gasteiger partial charge >= 0.3 is 5.76 Å². The number of sulfone groups is 1. The molecule has 1 amide bonds. The quantitative estimate of drug-likeness (QED) is 0.847. The van der Waals surface area contributed by atoms with Crippen LogP contribution in [0.1, 0.15) is 32.6 Å². The van der Waals surface area contributed by atoms with Gasteiger partial charge in [0, 0.05) is 25.6 Å². The van der Waals surface area contributed by atoms with Gasteiger partial charge in [-0.2, -0.15) is 8.78 Å². The Labute approximate surface area is 141 Å². The molecular formula is C16H22F2N2O3S. The molecule has 1 aromatic rings. The van der Waals surface area contributed by atoms with Gasteiger partial charge in [0.15, 0.2) is 0 Å². The van der Waals surface area contributed by atoms with Crippen molar-refractivity contribution in [3.05, 3.63) is 24.3 Å². The van der Waals surface area contributed by atoms with Gasteiger partial charge in [-0.15, -0.1) is 0 Å². The minimum atomic E-state index is -4.67. The van der Waals surface area contributed by atoms with Gasteiger partial charge in [0.05, 0.1) is 10.6 Å². The van der Waals surface area contributed by atoms with E-state index in [1.807, 2.05) is 6.92 Å². The normalized spacial score (nSPS) is 18.7. The molecule has 1 aliphatic rings. The average molecular weight is 360 g/mol. The van der Waals surface area contributed by atoms with Crippen LogP contribution in [0.2, 0.25) is 0 Å². The number of piperidine rings is 1. The first-order chi connectivity index (χ1) is 11.4. The zero-order valence-corrected chi connectivity index (χ0v) is 14.4. The minimum absolute atomic E-state index is 0.0437. The number of nitrogens with zero attached hydrogens (tertiary/aromatic N) is 1. The molecular weight excluding hydrogens is 338 g/mol. The third kappa shape index (κ3) is 4.23. The first kappa shape index (κ1) is 18.6. The van der Waals surface area contributed by atoms with E-state index in [4.69, 9.17) is 0 Å². The summed E-state index contributed by atoms with van der Waals surface area (Å²) in [5.41, 5.74) is 0.271. The Kier molecular flexibility index (Phi) is 6.15. The van der Waals surface area contributed by atoms with Gasteiger partial charge in [0.2, 0.25) is 15.7 Å².